The molecule has 2 N–H and O–H groups in total. The number of rotatable bonds is 3. The lowest BCUT2D eigenvalue weighted by Gasteiger charge is -2.09. The number of hydrogen-bond acceptors (Lipinski definition) is 3. The molecule has 0 aliphatic heterocycles. The van der Waals surface area contributed by atoms with Gasteiger partial charge in [-0.25, -0.2) is 4.39 Å². The molecule has 74 valence electrons. The molecule has 1 rings (SSSR count). The van der Waals surface area contributed by atoms with Gasteiger partial charge in [0.15, 0.2) is 0 Å². The molecule has 0 aliphatic rings. The summed E-state index contributed by atoms with van der Waals surface area (Å²) in [5, 5.41) is 20.5. The molecule has 1 aromatic rings. The standard InChI is InChI=1S/C10H11FN2O/c1-7(14)6-13-10-4-2-3-9(11)8(10)5-12/h2-4,7,13-14H,6H2,1H3. The summed E-state index contributed by atoms with van der Waals surface area (Å²) in [5.41, 5.74) is 0.390. The lowest BCUT2D eigenvalue weighted by molar-refractivity contribution is 0.208. The molecule has 0 fully saturated rings. The zero-order valence-electron chi connectivity index (χ0n) is 7.79. The fourth-order valence-electron chi connectivity index (χ4n) is 1.04. The molecule has 0 aromatic heterocycles. The molecule has 0 bridgehead atoms. The van der Waals surface area contributed by atoms with Crippen molar-refractivity contribution < 1.29 is 9.50 Å². The molecular formula is C10H11FN2O. The first-order valence-corrected chi connectivity index (χ1v) is 4.25. The number of benzene rings is 1. The van der Waals surface area contributed by atoms with Crippen LogP contribution in [0.2, 0.25) is 0 Å². The highest BCUT2D eigenvalue weighted by atomic mass is 19.1. The van der Waals surface area contributed by atoms with Crippen molar-refractivity contribution in [2.45, 2.75) is 13.0 Å². The highest BCUT2D eigenvalue weighted by Gasteiger charge is 2.07. The topological polar surface area (TPSA) is 56.0 Å². The fourth-order valence-corrected chi connectivity index (χ4v) is 1.04. The molecule has 0 saturated carbocycles. The van der Waals surface area contributed by atoms with Crippen LogP contribution in [-0.2, 0) is 0 Å². The molecule has 14 heavy (non-hydrogen) atoms. The summed E-state index contributed by atoms with van der Waals surface area (Å²) in [6.07, 6.45) is -0.537. The van der Waals surface area contributed by atoms with Crippen LogP contribution in [0.3, 0.4) is 0 Å². The number of aliphatic hydroxyl groups excluding tert-OH is 1. The van der Waals surface area contributed by atoms with Crippen molar-refractivity contribution in [1.82, 2.24) is 0 Å². The normalized spacial score (nSPS) is 11.9. The Hall–Kier alpha value is -1.60. The Labute approximate surface area is 81.8 Å². The number of nitriles is 1. The van der Waals surface area contributed by atoms with Gasteiger partial charge < -0.3 is 10.4 Å². The van der Waals surface area contributed by atoms with E-state index in [9.17, 15) is 4.39 Å². The van der Waals surface area contributed by atoms with Crippen molar-refractivity contribution in [1.29, 1.82) is 5.26 Å². The molecule has 1 atom stereocenters. The van der Waals surface area contributed by atoms with Crippen LogP contribution in [0.5, 0.6) is 0 Å². The average Bonchev–Trinajstić information content (AvgIpc) is 2.14. The first-order valence-electron chi connectivity index (χ1n) is 4.25. The number of halogens is 1. The molecule has 1 unspecified atom stereocenters. The van der Waals surface area contributed by atoms with Gasteiger partial charge in [-0.3, -0.25) is 0 Å². The van der Waals surface area contributed by atoms with Gasteiger partial charge in [-0.15, -0.1) is 0 Å². The number of nitrogens with one attached hydrogen (secondary N) is 1. The number of aliphatic hydroxyl groups is 1. The second-order valence-electron chi connectivity index (χ2n) is 3.00. The Bertz CT molecular complexity index is 358. The van der Waals surface area contributed by atoms with E-state index in [2.05, 4.69) is 5.32 Å². The SMILES string of the molecule is CC(O)CNc1cccc(F)c1C#N. The molecule has 0 amide bonds. The third kappa shape index (κ3) is 2.44. The van der Waals surface area contributed by atoms with Gasteiger partial charge in [0.1, 0.15) is 17.4 Å². The van der Waals surface area contributed by atoms with Crippen molar-refractivity contribution in [3.63, 3.8) is 0 Å². The zero-order valence-corrected chi connectivity index (χ0v) is 7.79. The van der Waals surface area contributed by atoms with Crippen LogP contribution in [0.25, 0.3) is 0 Å². The van der Waals surface area contributed by atoms with Gasteiger partial charge in [-0.2, -0.15) is 5.26 Å². The lowest BCUT2D eigenvalue weighted by Crippen LogP contribution is -2.16. The van der Waals surface area contributed by atoms with E-state index in [4.69, 9.17) is 10.4 Å². The maximum atomic E-state index is 13.0. The summed E-state index contributed by atoms with van der Waals surface area (Å²) in [4.78, 5) is 0. The Morgan fingerprint density at radius 3 is 2.93 bits per heavy atom. The van der Waals surface area contributed by atoms with Gasteiger partial charge in [-0.1, -0.05) is 6.07 Å². The van der Waals surface area contributed by atoms with Crippen molar-refractivity contribution in [3.05, 3.63) is 29.6 Å². The van der Waals surface area contributed by atoms with Gasteiger partial charge >= 0.3 is 0 Å². The van der Waals surface area contributed by atoms with Crippen LogP contribution in [0.1, 0.15) is 12.5 Å². The van der Waals surface area contributed by atoms with Gasteiger partial charge in [0, 0.05) is 6.54 Å². The second-order valence-corrected chi connectivity index (χ2v) is 3.00. The first-order chi connectivity index (χ1) is 6.65. The molecule has 1 aromatic carbocycles. The third-order valence-corrected chi connectivity index (χ3v) is 1.71. The summed E-state index contributed by atoms with van der Waals surface area (Å²) in [6.45, 7) is 1.90. The first kappa shape index (κ1) is 10.5. The van der Waals surface area contributed by atoms with E-state index in [0.29, 0.717) is 5.69 Å². The molecule has 0 saturated heterocycles. The summed E-state index contributed by atoms with van der Waals surface area (Å²) in [6, 6.07) is 6.11. The highest BCUT2D eigenvalue weighted by molar-refractivity contribution is 5.57. The smallest absolute Gasteiger partial charge is 0.143 e. The van der Waals surface area contributed by atoms with Crippen molar-refractivity contribution in [2.24, 2.45) is 0 Å². The molecule has 0 spiro atoms. The van der Waals surface area contributed by atoms with Crippen LogP contribution in [-0.4, -0.2) is 17.8 Å². The molecule has 0 aliphatic carbocycles. The minimum absolute atomic E-state index is 0.0202. The van der Waals surface area contributed by atoms with E-state index in [-0.39, 0.29) is 12.1 Å². The maximum Gasteiger partial charge on any atom is 0.143 e. The molecule has 4 heteroatoms. The second kappa shape index (κ2) is 4.58. The number of hydrogen-bond donors (Lipinski definition) is 2. The number of nitrogens with zero attached hydrogens (tertiary/aromatic N) is 1. The van der Waals surface area contributed by atoms with Crippen LogP contribution in [0.15, 0.2) is 18.2 Å². The summed E-state index contributed by atoms with van der Waals surface area (Å²) in [7, 11) is 0. The quantitative estimate of drug-likeness (QED) is 0.766. The molecule has 0 radical (unpaired) electrons. The van der Waals surface area contributed by atoms with E-state index in [1.165, 1.54) is 12.1 Å². The van der Waals surface area contributed by atoms with Crippen LogP contribution in [0, 0.1) is 17.1 Å². The predicted molar refractivity (Wildman–Crippen MR) is 51.3 cm³/mol. The minimum Gasteiger partial charge on any atom is -0.392 e. The summed E-state index contributed by atoms with van der Waals surface area (Å²) in [5.74, 6) is -0.553. The average molecular weight is 194 g/mol. The van der Waals surface area contributed by atoms with E-state index < -0.39 is 11.9 Å². The third-order valence-electron chi connectivity index (χ3n) is 1.71. The monoisotopic (exact) mass is 194 g/mol. The molecule has 0 heterocycles. The summed E-state index contributed by atoms with van der Waals surface area (Å²) < 4.78 is 13.0. The minimum atomic E-state index is -0.553. The van der Waals surface area contributed by atoms with Gasteiger partial charge in [0.25, 0.3) is 0 Å². The zero-order chi connectivity index (χ0) is 10.6. The highest BCUT2D eigenvalue weighted by Crippen LogP contribution is 2.17. The van der Waals surface area contributed by atoms with Crippen molar-refractivity contribution in [3.8, 4) is 6.07 Å². The molecular weight excluding hydrogens is 183 g/mol. The van der Waals surface area contributed by atoms with Crippen LogP contribution in [0.4, 0.5) is 10.1 Å². The lowest BCUT2D eigenvalue weighted by atomic mass is 10.2. The summed E-state index contributed by atoms with van der Waals surface area (Å²) >= 11 is 0. The Morgan fingerprint density at radius 2 is 2.36 bits per heavy atom. The van der Waals surface area contributed by atoms with Crippen LogP contribution >= 0.6 is 0 Å². The Morgan fingerprint density at radius 1 is 1.64 bits per heavy atom. The maximum absolute atomic E-state index is 13.0. The van der Waals surface area contributed by atoms with Gasteiger partial charge in [0.2, 0.25) is 0 Å². The molecule has 3 nitrogen and oxygen atoms in total. The van der Waals surface area contributed by atoms with Crippen molar-refractivity contribution in [2.75, 3.05) is 11.9 Å². The predicted octanol–water partition coefficient (Wildman–Crippen LogP) is 1.49. The Kier molecular flexibility index (Phi) is 3.43. The Balaban J connectivity index is 2.87. The van der Waals surface area contributed by atoms with E-state index in [0.717, 1.165) is 0 Å². The van der Waals surface area contributed by atoms with E-state index in [1.54, 1.807) is 19.1 Å². The van der Waals surface area contributed by atoms with E-state index >= 15 is 0 Å². The van der Waals surface area contributed by atoms with E-state index in [1.807, 2.05) is 0 Å². The largest absolute Gasteiger partial charge is 0.392 e. The fraction of sp³-hybridized carbons (Fsp3) is 0.300. The van der Waals surface area contributed by atoms with Crippen molar-refractivity contribution >= 4 is 5.69 Å². The van der Waals surface area contributed by atoms with Crippen LogP contribution < -0.4 is 5.32 Å². The van der Waals surface area contributed by atoms with Gasteiger partial charge in [0.05, 0.1) is 11.8 Å². The van der Waals surface area contributed by atoms with Gasteiger partial charge in [-0.05, 0) is 19.1 Å². The number of anilines is 1.